The Hall–Kier alpha value is -1.39. The van der Waals surface area contributed by atoms with Crippen LogP contribution in [0.2, 0.25) is 0 Å². The first-order valence-corrected chi connectivity index (χ1v) is 11.2. The molecule has 0 aromatic rings. The molecule has 1 unspecified atom stereocenters. The third-order valence-electron chi connectivity index (χ3n) is 8.05. The maximum Gasteiger partial charge on any atom is 0.333 e. The smallest absolute Gasteiger partial charge is 0.333 e. The highest BCUT2D eigenvalue weighted by Crippen LogP contribution is 2.59. The number of carbonyl (C=O) groups is 1. The molecule has 0 aromatic carbocycles. The molecule has 0 spiro atoms. The summed E-state index contributed by atoms with van der Waals surface area (Å²) in [5.74, 6) is 0.288. The van der Waals surface area contributed by atoms with Crippen molar-refractivity contribution in [3.63, 3.8) is 0 Å². The Bertz CT molecular complexity index is 720. The van der Waals surface area contributed by atoms with Gasteiger partial charge in [-0.1, -0.05) is 44.4 Å². The number of fused-ring (bicyclic) bond motifs is 1. The summed E-state index contributed by atoms with van der Waals surface area (Å²) in [6.45, 7) is 13.1. The Labute approximate surface area is 175 Å². The molecule has 4 nitrogen and oxygen atoms in total. The van der Waals surface area contributed by atoms with Crippen LogP contribution in [0.15, 0.2) is 35.5 Å². The van der Waals surface area contributed by atoms with Crippen LogP contribution in [0.25, 0.3) is 0 Å². The van der Waals surface area contributed by atoms with E-state index in [4.69, 9.17) is 4.74 Å². The van der Waals surface area contributed by atoms with Crippen LogP contribution in [0, 0.1) is 22.7 Å². The minimum Gasteiger partial charge on any atom is -0.429 e. The number of cyclic esters (lactones) is 1. The minimum absolute atomic E-state index is 0.0776. The second kappa shape index (κ2) is 8.39. The molecule has 162 valence electrons. The number of rotatable bonds is 7. The van der Waals surface area contributed by atoms with Crippen LogP contribution in [-0.4, -0.2) is 28.6 Å². The fraction of sp³-hybridized carbons (Fsp3) is 0.720. The average molecular weight is 403 g/mol. The molecule has 29 heavy (non-hydrogen) atoms. The summed E-state index contributed by atoms with van der Waals surface area (Å²) >= 11 is 0. The monoisotopic (exact) mass is 402 g/mol. The van der Waals surface area contributed by atoms with Gasteiger partial charge in [-0.25, -0.2) is 4.79 Å². The van der Waals surface area contributed by atoms with Gasteiger partial charge in [-0.05, 0) is 74.5 Å². The van der Waals surface area contributed by atoms with Gasteiger partial charge < -0.3 is 14.9 Å². The lowest BCUT2D eigenvalue weighted by Crippen LogP contribution is -2.46. The summed E-state index contributed by atoms with van der Waals surface area (Å²) in [6, 6.07) is 0. The number of hydrogen-bond acceptors (Lipinski definition) is 4. The van der Waals surface area contributed by atoms with Crippen molar-refractivity contribution in [3.8, 4) is 0 Å². The molecule has 4 heteroatoms. The molecule has 2 N–H and O–H groups in total. The van der Waals surface area contributed by atoms with Gasteiger partial charge in [0.25, 0.3) is 0 Å². The number of hydrogen-bond donors (Lipinski definition) is 2. The number of aliphatic hydroxyl groups is 2. The van der Waals surface area contributed by atoms with Gasteiger partial charge in [-0.3, -0.25) is 0 Å². The second-order valence-electron chi connectivity index (χ2n) is 10.3. The molecule has 1 fully saturated rings. The Morgan fingerprint density at radius 2 is 2.14 bits per heavy atom. The van der Waals surface area contributed by atoms with Crippen LogP contribution < -0.4 is 0 Å². The van der Waals surface area contributed by atoms with Crippen molar-refractivity contribution in [2.75, 3.05) is 0 Å². The SMILES string of the molecule is C=C(C)CCC[C@@]1(C)CCC[C@H]2C1=CC[C@H](C)[C@]2(C)C[C@@H](O)C1=CC(=O)OC1O. The molecule has 3 aliphatic rings. The number of aliphatic hydroxyl groups excluding tert-OH is 2. The first-order valence-electron chi connectivity index (χ1n) is 11.2. The summed E-state index contributed by atoms with van der Waals surface area (Å²) in [5, 5.41) is 20.9. The molecule has 0 bridgehead atoms. The van der Waals surface area contributed by atoms with E-state index in [-0.39, 0.29) is 10.8 Å². The highest BCUT2D eigenvalue weighted by Gasteiger charge is 2.50. The quantitative estimate of drug-likeness (QED) is 0.461. The van der Waals surface area contributed by atoms with E-state index in [0.29, 0.717) is 23.8 Å². The van der Waals surface area contributed by atoms with Crippen molar-refractivity contribution >= 4 is 5.97 Å². The van der Waals surface area contributed by atoms with Gasteiger partial charge in [0.05, 0.1) is 6.10 Å². The third kappa shape index (κ3) is 4.39. The van der Waals surface area contributed by atoms with E-state index in [0.717, 1.165) is 19.3 Å². The third-order valence-corrected chi connectivity index (χ3v) is 8.05. The van der Waals surface area contributed by atoms with Crippen molar-refractivity contribution in [1.82, 2.24) is 0 Å². The standard InChI is InChI=1S/C25H38O4/c1-16(2)8-6-12-24(4)13-7-9-20-19(24)11-10-17(3)25(20,5)15-21(26)18-14-22(27)29-23(18)28/h11,14,17,20-21,23,26,28H,1,6-10,12-13,15H2,2-5H3/t17-,20-,21+,23?,24-,25-/m0/s1. The predicted molar refractivity (Wildman–Crippen MR) is 115 cm³/mol. The first kappa shape index (κ1) is 22.3. The Morgan fingerprint density at radius 3 is 2.76 bits per heavy atom. The topological polar surface area (TPSA) is 66.8 Å². The molecular weight excluding hydrogens is 364 g/mol. The number of ether oxygens (including phenoxy) is 1. The minimum atomic E-state index is -1.31. The van der Waals surface area contributed by atoms with Gasteiger partial charge in [0.2, 0.25) is 6.29 Å². The first-order chi connectivity index (χ1) is 13.6. The summed E-state index contributed by atoms with van der Waals surface area (Å²) in [5.41, 5.74) is 3.27. The fourth-order valence-electron chi connectivity index (χ4n) is 6.01. The van der Waals surface area contributed by atoms with E-state index in [1.165, 1.54) is 37.3 Å². The van der Waals surface area contributed by atoms with E-state index in [9.17, 15) is 15.0 Å². The maximum atomic E-state index is 11.5. The van der Waals surface area contributed by atoms with Crippen LogP contribution in [0.1, 0.15) is 79.1 Å². The summed E-state index contributed by atoms with van der Waals surface area (Å²) < 4.78 is 4.79. The molecule has 1 aliphatic heterocycles. The highest BCUT2D eigenvalue weighted by molar-refractivity contribution is 5.85. The van der Waals surface area contributed by atoms with Crippen molar-refractivity contribution in [2.24, 2.45) is 22.7 Å². The number of allylic oxidation sites excluding steroid dienone is 3. The zero-order chi connectivity index (χ0) is 21.4. The van der Waals surface area contributed by atoms with E-state index < -0.39 is 18.4 Å². The largest absolute Gasteiger partial charge is 0.429 e. The van der Waals surface area contributed by atoms with E-state index in [1.54, 1.807) is 5.57 Å². The van der Waals surface area contributed by atoms with Crippen LogP contribution in [0.3, 0.4) is 0 Å². The Balaban J connectivity index is 1.81. The van der Waals surface area contributed by atoms with Crippen LogP contribution in [0.4, 0.5) is 0 Å². The van der Waals surface area contributed by atoms with Crippen LogP contribution in [0.5, 0.6) is 0 Å². The Kier molecular flexibility index (Phi) is 6.45. The van der Waals surface area contributed by atoms with Gasteiger partial charge in [0.15, 0.2) is 0 Å². The average Bonchev–Trinajstić information content (AvgIpc) is 2.97. The lowest BCUT2D eigenvalue weighted by atomic mass is 9.50. The lowest BCUT2D eigenvalue weighted by Gasteiger charge is -2.54. The van der Waals surface area contributed by atoms with Crippen molar-refractivity contribution in [1.29, 1.82) is 0 Å². The molecule has 0 aromatic heterocycles. The second-order valence-corrected chi connectivity index (χ2v) is 10.3. The molecule has 1 heterocycles. The molecule has 1 saturated carbocycles. The Morgan fingerprint density at radius 1 is 1.41 bits per heavy atom. The lowest BCUT2D eigenvalue weighted by molar-refractivity contribution is -0.152. The van der Waals surface area contributed by atoms with E-state index in [2.05, 4.69) is 40.3 Å². The molecule has 6 atom stereocenters. The van der Waals surface area contributed by atoms with Gasteiger partial charge in [0, 0.05) is 11.6 Å². The van der Waals surface area contributed by atoms with Crippen LogP contribution >= 0.6 is 0 Å². The molecular formula is C25H38O4. The molecule has 2 aliphatic carbocycles. The van der Waals surface area contributed by atoms with E-state index >= 15 is 0 Å². The summed E-state index contributed by atoms with van der Waals surface area (Å²) in [6.07, 6.45) is 10.1. The molecule has 0 saturated heterocycles. The summed E-state index contributed by atoms with van der Waals surface area (Å²) in [4.78, 5) is 11.5. The van der Waals surface area contributed by atoms with Gasteiger partial charge in [-0.15, -0.1) is 6.58 Å². The molecule has 0 amide bonds. The molecule has 3 rings (SSSR count). The van der Waals surface area contributed by atoms with Crippen molar-refractivity contribution in [2.45, 2.75) is 91.5 Å². The van der Waals surface area contributed by atoms with Crippen molar-refractivity contribution < 1.29 is 19.7 Å². The van der Waals surface area contributed by atoms with Gasteiger partial charge in [0.1, 0.15) is 0 Å². The van der Waals surface area contributed by atoms with Crippen LogP contribution in [-0.2, 0) is 9.53 Å². The highest BCUT2D eigenvalue weighted by atomic mass is 16.6. The number of carbonyl (C=O) groups excluding carboxylic acids is 1. The predicted octanol–water partition coefficient (Wildman–Crippen LogP) is 5.06. The van der Waals surface area contributed by atoms with Gasteiger partial charge >= 0.3 is 5.97 Å². The zero-order valence-corrected chi connectivity index (χ0v) is 18.5. The van der Waals surface area contributed by atoms with E-state index in [1.807, 2.05) is 0 Å². The normalized spacial score (nSPS) is 38.0. The summed E-state index contributed by atoms with van der Waals surface area (Å²) in [7, 11) is 0. The van der Waals surface area contributed by atoms with Gasteiger partial charge in [-0.2, -0.15) is 0 Å². The molecule has 0 radical (unpaired) electrons. The fourth-order valence-corrected chi connectivity index (χ4v) is 6.01. The maximum absolute atomic E-state index is 11.5. The zero-order valence-electron chi connectivity index (χ0n) is 18.5. The number of esters is 1. The van der Waals surface area contributed by atoms with Crippen molar-refractivity contribution in [3.05, 3.63) is 35.5 Å².